The number of ketones is 1. The van der Waals surface area contributed by atoms with Crippen LogP contribution in [0.4, 0.5) is 0 Å². The minimum Gasteiger partial charge on any atom is -0.496 e. The number of hydrogen-bond acceptors (Lipinski definition) is 6. The third-order valence-electron chi connectivity index (χ3n) is 3.71. The van der Waals surface area contributed by atoms with Gasteiger partial charge in [-0.2, -0.15) is 0 Å². The number of hydrogen-bond donors (Lipinski definition) is 2. The van der Waals surface area contributed by atoms with Crippen LogP contribution in [0.3, 0.4) is 0 Å². The Morgan fingerprint density at radius 3 is 2.29 bits per heavy atom. The third-order valence-corrected chi connectivity index (χ3v) is 3.71. The van der Waals surface area contributed by atoms with Crippen molar-refractivity contribution in [1.29, 1.82) is 0 Å². The van der Waals surface area contributed by atoms with E-state index < -0.39 is 17.8 Å². The number of fused-ring (bicyclic) bond motifs is 1. The minimum absolute atomic E-state index is 0.196. The summed E-state index contributed by atoms with van der Waals surface area (Å²) in [5.74, 6) is 0.540. The number of ether oxygens (including phenoxy) is 3. The van der Waals surface area contributed by atoms with E-state index in [1.807, 2.05) is 0 Å². The fourth-order valence-corrected chi connectivity index (χ4v) is 2.54. The number of rotatable bonds is 3. The first-order valence-corrected chi connectivity index (χ1v) is 6.59. The molecule has 0 aromatic heterocycles. The van der Waals surface area contributed by atoms with Gasteiger partial charge in [-0.15, -0.1) is 0 Å². The lowest BCUT2D eigenvalue weighted by Gasteiger charge is -2.41. The quantitative estimate of drug-likeness (QED) is 0.822. The molecule has 116 valence electrons. The molecule has 1 aromatic rings. The zero-order valence-corrected chi connectivity index (χ0v) is 12.8. The van der Waals surface area contributed by atoms with E-state index in [2.05, 4.69) is 0 Å². The van der Waals surface area contributed by atoms with E-state index >= 15 is 0 Å². The van der Waals surface area contributed by atoms with Gasteiger partial charge in [-0.3, -0.25) is 4.79 Å². The van der Waals surface area contributed by atoms with E-state index in [0.29, 0.717) is 11.5 Å². The average molecular weight is 296 g/mol. The maximum Gasteiger partial charge on any atom is 0.167 e. The van der Waals surface area contributed by atoms with Crippen molar-refractivity contribution in [3.05, 3.63) is 17.2 Å². The van der Waals surface area contributed by atoms with Gasteiger partial charge < -0.3 is 24.4 Å². The van der Waals surface area contributed by atoms with Crippen molar-refractivity contribution in [2.24, 2.45) is 0 Å². The summed E-state index contributed by atoms with van der Waals surface area (Å²) >= 11 is 0. The van der Waals surface area contributed by atoms with Gasteiger partial charge in [0, 0.05) is 6.07 Å². The fraction of sp³-hybridized carbons (Fsp3) is 0.533. The van der Waals surface area contributed by atoms with Gasteiger partial charge in [0.2, 0.25) is 0 Å². The number of carbonyl (C=O) groups is 1. The molecule has 0 unspecified atom stereocenters. The summed E-state index contributed by atoms with van der Waals surface area (Å²) in [6, 6.07) is 1.51. The average Bonchev–Trinajstić information content (AvgIpc) is 2.42. The van der Waals surface area contributed by atoms with Crippen LogP contribution in [-0.4, -0.2) is 41.9 Å². The molecule has 0 aliphatic carbocycles. The molecule has 1 heterocycles. The van der Waals surface area contributed by atoms with Crippen molar-refractivity contribution < 1.29 is 29.2 Å². The van der Waals surface area contributed by atoms with Gasteiger partial charge in [-0.1, -0.05) is 0 Å². The van der Waals surface area contributed by atoms with Crippen LogP contribution in [0.1, 0.15) is 42.8 Å². The molecular weight excluding hydrogens is 276 g/mol. The largest absolute Gasteiger partial charge is 0.496 e. The number of methoxy groups -OCH3 is 2. The second kappa shape index (κ2) is 5.20. The molecular formula is C15H20O6. The van der Waals surface area contributed by atoms with Gasteiger partial charge in [0.05, 0.1) is 19.8 Å². The smallest absolute Gasteiger partial charge is 0.167 e. The molecule has 1 aliphatic rings. The Morgan fingerprint density at radius 2 is 1.81 bits per heavy atom. The molecule has 0 radical (unpaired) electrons. The molecule has 6 heteroatoms. The predicted octanol–water partition coefficient (Wildman–Crippen LogP) is 1.47. The summed E-state index contributed by atoms with van der Waals surface area (Å²) < 4.78 is 16.2. The zero-order valence-electron chi connectivity index (χ0n) is 12.8. The molecule has 2 rings (SSSR count). The van der Waals surface area contributed by atoms with Crippen LogP contribution in [-0.2, 0) is 0 Å². The summed E-state index contributed by atoms with van der Waals surface area (Å²) in [6.07, 6.45) is -2.37. The van der Waals surface area contributed by atoms with Crippen LogP contribution >= 0.6 is 0 Å². The lowest BCUT2D eigenvalue weighted by atomic mass is 9.86. The van der Waals surface area contributed by atoms with Crippen molar-refractivity contribution in [2.45, 2.75) is 38.6 Å². The second-order valence-electron chi connectivity index (χ2n) is 5.55. The highest BCUT2D eigenvalue weighted by molar-refractivity contribution is 6.00. The Kier molecular flexibility index (Phi) is 3.86. The third kappa shape index (κ3) is 2.34. The Balaban J connectivity index is 2.81. The first kappa shape index (κ1) is 15.6. The minimum atomic E-state index is -1.22. The molecule has 0 amide bonds. The van der Waals surface area contributed by atoms with Gasteiger partial charge in [0.15, 0.2) is 5.78 Å². The van der Waals surface area contributed by atoms with Crippen LogP contribution in [0.15, 0.2) is 6.07 Å². The summed E-state index contributed by atoms with van der Waals surface area (Å²) in [5, 5.41) is 20.6. The summed E-state index contributed by atoms with van der Waals surface area (Å²) in [6.45, 7) is 4.66. The van der Waals surface area contributed by atoms with Crippen molar-refractivity contribution in [2.75, 3.05) is 14.2 Å². The molecule has 0 saturated heterocycles. The van der Waals surface area contributed by atoms with E-state index in [1.54, 1.807) is 13.8 Å². The van der Waals surface area contributed by atoms with Crippen LogP contribution in [0.25, 0.3) is 0 Å². The number of benzene rings is 1. The highest BCUT2D eigenvalue weighted by atomic mass is 16.5. The molecule has 1 aliphatic heterocycles. The first-order valence-electron chi connectivity index (χ1n) is 6.59. The van der Waals surface area contributed by atoms with Crippen LogP contribution in [0, 0.1) is 0 Å². The molecule has 1 aromatic carbocycles. The summed E-state index contributed by atoms with van der Waals surface area (Å²) in [5.41, 5.74) is -0.559. The number of aliphatic hydroxyl groups excluding tert-OH is 2. The highest BCUT2D eigenvalue weighted by Crippen LogP contribution is 2.49. The van der Waals surface area contributed by atoms with Crippen LogP contribution in [0.5, 0.6) is 17.2 Å². The van der Waals surface area contributed by atoms with Crippen molar-refractivity contribution in [3.8, 4) is 17.2 Å². The molecule has 21 heavy (non-hydrogen) atoms. The van der Waals surface area contributed by atoms with Crippen molar-refractivity contribution in [1.82, 2.24) is 0 Å². The molecule has 0 spiro atoms. The van der Waals surface area contributed by atoms with E-state index in [-0.39, 0.29) is 22.7 Å². The lowest BCUT2D eigenvalue weighted by molar-refractivity contribution is -0.112. The Labute approximate surface area is 123 Å². The first-order chi connectivity index (χ1) is 9.74. The SMILES string of the molecule is COc1cc(OC)c2c(c1C(C)=O)OC(C)(C)[C@H](O)[C@@H]2O. The molecule has 0 fully saturated rings. The number of aliphatic hydroxyl groups is 2. The topological polar surface area (TPSA) is 85.2 Å². The fourth-order valence-electron chi connectivity index (χ4n) is 2.54. The monoisotopic (exact) mass is 296 g/mol. The summed E-state index contributed by atoms with van der Waals surface area (Å²) in [7, 11) is 2.87. The van der Waals surface area contributed by atoms with E-state index in [4.69, 9.17) is 14.2 Å². The number of carbonyl (C=O) groups excluding carboxylic acids is 1. The van der Waals surface area contributed by atoms with E-state index in [1.165, 1.54) is 27.2 Å². The van der Waals surface area contributed by atoms with Gasteiger partial charge in [0.25, 0.3) is 0 Å². The van der Waals surface area contributed by atoms with Crippen LogP contribution in [0.2, 0.25) is 0 Å². The molecule has 2 atom stereocenters. The van der Waals surface area contributed by atoms with Gasteiger partial charge in [-0.05, 0) is 20.8 Å². The maximum atomic E-state index is 12.0. The lowest BCUT2D eigenvalue weighted by Crippen LogP contribution is -2.49. The van der Waals surface area contributed by atoms with E-state index in [9.17, 15) is 15.0 Å². The molecule has 6 nitrogen and oxygen atoms in total. The van der Waals surface area contributed by atoms with Crippen molar-refractivity contribution >= 4 is 5.78 Å². The maximum absolute atomic E-state index is 12.0. The number of Topliss-reactive ketones (excluding diaryl/α,β-unsaturated/α-hetero) is 1. The Bertz CT molecular complexity index is 578. The molecule has 0 saturated carbocycles. The Hall–Kier alpha value is -1.79. The Morgan fingerprint density at radius 1 is 1.24 bits per heavy atom. The predicted molar refractivity (Wildman–Crippen MR) is 75.2 cm³/mol. The van der Waals surface area contributed by atoms with Crippen molar-refractivity contribution in [3.63, 3.8) is 0 Å². The molecule has 0 bridgehead atoms. The van der Waals surface area contributed by atoms with Gasteiger partial charge in [-0.25, -0.2) is 0 Å². The summed E-state index contributed by atoms with van der Waals surface area (Å²) in [4.78, 5) is 12.0. The second-order valence-corrected chi connectivity index (χ2v) is 5.55. The van der Waals surface area contributed by atoms with Gasteiger partial charge in [0.1, 0.15) is 40.6 Å². The van der Waals surface area contributed by atoms with Crippen LogP contribution < -0.4 is 14.2 Å². The zero-order chi connectivity index (χ0) is 15.9. The normalized spacial score (nSPS) is 23.0. The highest BCUT2D eigenvalue weighted by Gasteiger charge is 2.45. The van der Waals surface area contributed by atoms with E-state index in [0.717, 1.165) is 0 Å². The molecule has 2 N–H and O–H groups in total. The standard InChI is InChI=1S/C15H20O6/c1-7(16)10-8(19-4)6-9(20-5)11-12(17)14(18)15(2,3)21-13(10)11/h6,12,14,17-18H,1-5H3/t12-,14-/m1/s1. The van der Waals surface area contributed by atoms with Gasteiger partial charge >= 0.3 is 0 Å².